The van der Waals surface area contributed by atoms with E-state index >= 15 is 0 Å². The first-order valence-electron chi connectivity index (χ1n) is 8.12. The molecule has 0 heterocycles. The van der Waals surface area contributed by atoms with Crippen molar-refractivity contribution >= 4 is 10.0 Å². The third-order valence-corrected chi connectivity index (χ3v) is 5.77. The minimum absolute atomic E-state index is 0.102. The number of benzene rings is 2. The second-order valence-corrected chi connectivity index (χ2v) is 8.11. The van der Waals surface area contributed by atoms with E-state index in [1.165, 1.54) is 0 Å². The maximum absolute atomic E-state index is 12.7. The van der Waals surface area contributed by atoms with Crippen LogP contribution in [0.1, 0.15) is 22.7 Å². The molecule has 25 heavy (non-hydrogen) atoms. The predicted octanol–water partition coefficient (Wildman–Crippen LogP) is 2.89. The molecule has 0 saturated heterocycles. The van der Waals surface area contributed by atoms with Gasteiger partial charge in [-0.3, -0.25) is 0 Å². The Morgan fingerprint density at radius 2 is 1.84 bits per heavy atom. The smallest absolute Gasteiger partial charge is 0.240 e. The van der Waals surface area contributed by atoms with Gasteiger partial charge in [-0.15, -0.1) is 0 Å². The molecule has 2 aromatic carbocycles. The Hall–Kier alpha value is -1.89. The van der Waals surface area contributed by atoms with Crippen LogP contribution in [0, 0.1) is 13.8 Å². The van der Waals surface area contributed by atoms with E-state index in [2.05, 4.69) is 4.72 Å². The van der Waals surface area contributed by atoms with Gasteiger partial charge in [0, 0.05) is 12.6 Å². The topological polar surface area (TPSA) is 58.6 Å². The molecule has 0 aliphatic carbocycles. The van der Waals surface area contributed by atoms with Gasteiger partial charge >= 0.3 is 0 Å². The average Bonchev–Trinajstić information content (AvgIpc) is 2.57. The van der Waals surface area contributed by atoms with Crippen molar-refractivity contribution in [2.45, 2.75) is 24.8 Å². The zero-order chi connectivity index (χ0) is 18.6. The summed E-state index contributed by atoms with van der Waals surface area (Å²) in [6.45, 7) is 3.96. The van der Waals surface area contributed by atoms with Crippen LogP contribution in [-0.4, -0.2) is 41.1 Å². The Bertz CT molecular complexity index is 832. The van der Waals surface area contributed by atoms with Gasteiger partial charge in [-0.1, -0.05) is 24.3 Å². The van der Waals surface area contributed by atoms with Gasteiger partial charge in [0.15, 0.2) is 0 Å². The quantitative estimate of drug-likeness (QED) is 0.823. The van der Waals surface area contributed by atoms with E-state index in [9.17, 15) is 8.42 Å². The highest BCUT2D eigenvalue weighted by Crippen LogP contribution is 2.23. The number of nitrogens with one attached hydrogen (secondary N) is 1. The lowest BCUT2D eigenvalue weighted by Crippen LogP contribution is -2.34. The van der Waals surface area contributed by atoms with Crippen LogP contribution in [-0.2, 0) is 10.0 Å². The first-order chi connectivity index (χ1) is 11.7. The van der Waals surface area contributed by atoms with Gasteiger partial charge < -0.3 is 9.64 Å². The zero-order valence-corrected chi connectivity index (χ0v) is 16.2. The summed E-state index contributed by atoms with van der Waals surface area (Å²) in [5.41, 5.74) is 2.65. The molecular weight excluding hydrogens is 336 g/mol. The van der Waals surface area contributed by atoms with Crippen LogP contribution in [0.15, 0.2) is 47.4 Å². The van der Waals surface area contributed by atoms with E-state index in [0.29, 0.717) is 4.90 Å². The van der Waals surface area contributed by atoms with E-state index in [1.54, 1.807) is 20.1 Å². The maximum atomic E-state index is 12.7. The molecule has 2 aromatic rings. The number of aryl methyl sites for hydroxylation is 2. The monoisotopic (exact) mass is 362 g/mol. The van der Waals surface area contributed by atoms with Gasteiger partial charge in [-0.05, 0) is 62.8 Å². The summed E-state index contributed by atoms with van der Waals surface area (Å²) in [5, 5.41) is 0. The molecule has 5 nitrogen and oxygen atoms in total. The second kappa shape index (κ2) is 7.99. The van der Waals surface area contributed by atoms with Gasteiger partial charge in [0.25, 0.3) is 0 Å². The Morgan fingerprint density at radius 3 is 2.48 bits per heavy atom. The summed E-state index contributed by atoms with van der Waals surface area (Å²) >= 11 is 0. The number of hydrogen-bond acceptors (Lipinski definition) is 4. The molecule has 0 spiro atoms. The maximum Gasteiger partial charge on any atom is 0.240 e. The third kappa shape index (κ3) is 4.81. The summed E-state index contributed by atoms with van der Waals surface area (Å²) in [7, 11) is 1.90. The van der Waals surface area contributed by atoms with Gasteiger partial charge in [0.1, 0.15) is 5.75 Å². The molecule has 0 aromatic heterocycles. The van der Waals surface area contributed by atoms with E-state index < -0.39 is 10.0 Å². The molecule has 2 rings (SSSR count). The highest BCUT2D eigenvalue weighted by atomic mass is 32.2. The Labute approximate surface area is 150 Å². The molecule has 0 unspecified atom stereocenters. The van der Waals surface area contributed by atoms with E-state index in [4.69, 9.17) is 4.74 Å². The molecule has 0 aliphatic heterocycles. The number of sulfonamides is 1. The van der Waals surface area contributed by atoms with Crippen LogP contribution in [0.5, 0.6) is 5.75 Å². The molecule has 0 bridgehead atoms. The summed E-state index contributed by atoms with van der Waals surface area (Å²) < 4.78 is 33.5. The van der Waals surface area contributed by atoms with Crippen molar-refractivity contribution in [2.75, 3.05) is 27.7 Å². The van der Waals surface area contributed by atoms with Crippen molar-refractivity contribution in [1.29, 1.82) is 0 Å². The second-order valence-electron chi connectivity index (χ2n) is 6.38. The molecule has 0 amide bonds. The van der Waals surface area contributed by atoms with Crippen molar-refractivity contribution in [2.24, 2.45) is 0 Å². The molecule has 0 saturated carbocycles. The number of hydrogen-bond donors (Lipinski definition) is 1. The molecule has 1 N–H and O–H groups in total. The number of rotatable bonds is 7. The van der Waals surface area contributed by atoms with Gasteiger partial charge in [0.2, 0.25) is 10.0 Å². The highest BCUT2D eigenvalue weighted by Gasteiger charge is 2.21. The first kappa shape index (κ1) is 19.4. The minimum Gasteiger partial charge on any atom is -0.497 e. The Kier molecular flexibility index (Phi) is 6.21. The van der Waals surface area contributed by atoms with Crippen LogP contribution in [0.3, 0.4) is 0 Å². The highest BCUT2D eigenvalue weighted by molar-refractivity contribution is 7.89. The van der Waals surface area contributed by atoms with Crippen molar-refractivity contribution < 1.29 is 13.2 Å². The lowest BCUT2D eigenvalue weighted by atomic mass is 10.1. The average molecular weight is 362 g/mol. The number of likely N-dealkylation sites (N-methyl/N-ethyl adjacent to an activating group) is 1. The third-order valence-electron chi connectivity index (χ3n) is 4.20. The molecule has 0 fully saturated rings. The van der Waals surface area contributed by atoms with Crippen LogP contribution in [0.4, 0.5) is 0 Å². The van der Waals surface area contributed by atoms with Crippen molar-refractivity contribution in [3.8, 4) is 5.75 Å². The predicted molar refractivity (Wildman–Crippen MR) is 101 cm³/mol. The number of methoxy groups -OCH3 is 1. The number of nitrogens with zero attached hydrogens (tertiary/aromatic N) is 1. The fourth-order valence-corrected chi connectivity index (χ4v) is 4.08. The molecule has 0 radical (unpaired) electrons. The fraction of sp³-hybridized carbons (Fsp3) is 0.368. The van der Waals surface area contributed by atoms with Crippen molar-refractivity contribution in [3.05, 3.63) is 59.2 Å². The van der Waals surface area contributed by atoms with E-state index in [-0.39, 0.29) is 12.6 Å². The van der Waals surface area contributed by atoms with Crippen molar-refractivity contribution in [1.82, 2.24) is 9.62 Å². The van der Waals surface area contributed by atoms with Crippen LogP contribution in [0.25, 0.3) is 0 Å². The standard InChI is InChI=1S/C19H26N2O3S/c1-14-9-10-15(2)19(11-14)25(22,23)20-13-18(21(3)4)16-7-6-8-17(12-16)24-5/h6-12,18,20H,13H2,1-5H3/t18-/m0/s1. The van der Waals surface area contributed by atoms with E-state index in [0.717, 1.165) is 22.4 Å². The number of ether oxygens (including phenoxy) is 1. The largest absolute Gasteiger partial charge is 0.497 e. The lowest BCUT2D eigenvalue weighted by molar-refractivity contribution is 0.298. The first-order valence-corrected chi connectivity index (χ1v) is 9.60. The Morgan fingerprint density at radius 1 is 1.12 bits per heavy atom. The van der Waals surface area contributed by atoms with E-state index in [1.807, 2.05) is 62.3 Å². The zero-order valence-electron chi connectivity index (χ0n) is 15.4. The molecule has 136 valence electrons. The lowest BCUT2D eigenvalue weighted by Gasteiger charge is -2.25. The SMILES string of the molecule is COc1cccc([C@H](CNS(=O)(=O)c2cc(C)ccc2C)N(C)C)c1. The molecule has 6 heteroatoms. The normalized spacial score (nSPS) is 13.0. The fourth-order valence-electron chi connectivity index (χ4n) is 2.71. The van der Waals surface area contributed by atoms with Crippen LogP contribution in [0.2, 0.25) is 0 Å². The summed E-state index contributed by atoms with van der Waals surface area (Å²) in [6.07, 6.45) is 0. The summed E-state index contributed by atoms with van der Waals surface area (Å²) in [6, 6.07) is 13.0. The van der Waals surface area contributed by atoms with Gasteiger partial charge in [0.05, 0.1) is 12.0 Å². The van der Waals surface area contributed by atoms with Crippen LogP contribution < -0.4 is 9.46 Å². The molecular formula is C19H26N2O3S. The summed E-state index contributed by atoms with van der Waals surface area (Å²) in [5.74, 6) is 0.752. The summed E-state index contributed by atoms with van der Waals surface area (Å²) in [4.78, 5) is 2.32. The Balaban J connectivity index is 2.24. The molecule has 1 atom stereocenters. The van der Waals surface area contributed by atoms with Gasteiger partial charge in [-0.2, -0.15) is 0 Å². The minimum atomic E-state index is -3.57. The molecule has 0 aliphatic rings. The van der Waals surface area contributed by atoms with Crippen LogP contribution >= 0.6 is 0 Å². The van der Waals surface area contributed by atoms with Gasteiger partial charge in [-0.25, -0.2) is 13.1 Å². The van der Waals surface area contributed by atoms with Crippen molar-refractivity contribution in [3.63, 3.8) is 0 Å².